The molecule has 3 aromatic rings. The second kappa shape index (κ2) is 6.72. The number of hydrogen-bond donors (Lipinski definition) is 0. The van der Waals surface area contributed by atoms with E-state index in [0.717, 1.165) is 6.08 Å². The monoisotopic (exact) mass is 351 g/mol. The van der Waals surface area contributed by atoms with Crippen molar-refractivity contribution in [3.8, 4) is 11.5 Å². The van der Waals surface area contributed by atoms with Crippen molar-refractivity contribution in [2.75, 3.05) is 13.4 Å². The van der Waals surface area contributed by atoms with E-state index in [9.17, 15) is 9.59 Å². The van der Waals surface area contributed by atoms with Crippen LogP contribution in [0.3, 0.4) is 0 Å². The van der Waals surface area contributed by atoms with Gasteiger partial charge in [0.2, 0.25) is 12.7 Å². The Morgan fingerprint density at radius 2 is 1.96 bits per heavy atom. The van der Waals surface area contributed by atoms with Crippen molar-refractivity contribution < 1.29 is 28.2 Å². The molecule has 0 saturated carbocycles. The quantitative estimate of drug-likeness (QED) is 0.397. The van der Waals surface area contributed by atoms with Crippen LogP contribution in [0.25, 0.3) is 17.2 Å². The van der Waals surface area contributed by atoms with Gasteiger partial charge in [-0.2, -0.15) is 0 Å². The molecule has 7 heteroatoms. The Balaban J connectivity index is 1.35. The maximum absolute atomic E-state index is 12.1. The van der Waals surface area contributed by atoms with E-state index in [0.29, 0.717) is 28.2 Å². The molecule has 0 fully saturated rings. The Labute approximate surface area is 147 Å². The predicted molar refractivity (Wildman–Crippen MR) is 90.9 cm³/mol. The number of Topliss-reactive ketones (excluding diaryl/α,β-unsaturated/α-hetero) is 1. The fraction of sp³-hybridized carbons (Fsp3) is 0.105. The van der Waals surface area contributed by atoms with Gasteiger partial charge in [0.1, 0.15) is 5.52 Å². The van der Waals surface area contributed by atoms with Crippen LogP contribution in [-0.4, -0.2) is 30.1 Å². The van der Waals surface area contributed by atoms with E-state index in [2.05, 4.69) is 4.98 Å². The van der Waals surface area contributed by atoms with Gasteiger partial charge in [0.15, 0.2) is 29.5 Å². The van der Waals surface area contributed by atoms with Crippen LogP contribution in [0.4, 0.5) is 0 Å². The topological polar surface area (TPSA) is 87.9 Å². The third-order valence-electron chi connectivity index (χ3n) is 3.71. The largest absolute Gasteiger partial charge is 0.454 e. The number of oxazole rings is 1. The Kier molecular flexibility index (Phi) is 4.10. The fourth-order valence-corrected chi connectivity index (χ4v) is 2.44. The molecule has 0 N–H and O–H groups in total. The van der Waals surface area contributed by atoms with Gasteiger partial charge < -0.3 is 18.6 Å². The summed E-state index contributed by atoms with van der Waals surface area (Å²) in [5.41, 5.74) is 1.70. The zero-order valence-electron chi connectivity index (χ0n) is 13.5. The standard InChI is InChI=1S/C19H13NO6/c21-14(12-5-6-16-17(9-12)25-11-24-16)10-23-19(22)8-7-18-20-13-3-1-2-4-15(13)26-18/h1-9H,10-11H2/b8-7+. The number of benzene rings is 2. The lowest BCUT2D eigenvalue weighted by molar-refractivity contribution is -0.136. The fourth-order valence-electron chi connectivity index (χ4n) is 2.44. The molecular formula is C19H13NO6. The number of carbonyl (C=O) groups excluding carboxylic acids is 2. The number of esters is 1. The van der Waals surface area contributed by atoms with Crippen molar-refractivity contribution in [2.24, 2.45) is 0 Å². The van der Waals surface area contributed by atoms with Crippen LogP contribution < -0.4 is 9.47 Å². The van der Waals surface area contributed by atoms with E-state index in [-0.39, 0.29) is 25.1 Å². The summed E-state index contributed by atoms with van der Waals surface area (Å²) >= 11 is 0. The molecule has 0 atom stereocenters. The number of ether oxygens (including phenoxy) is 3. The third-order valence-corrected chi connectivity index (χ3v) is 3.71. The average Bonchev–Trinajstić information content (AvgIpc) is 3.29. The van der Waals surface area contributed by atoms with Crippen molar-refractivity contribution in [2.45, 2.75) is 0 Å². The maximum Gasteiger partial charge on any atom is 0.331 e. The summed E-state index contributed by atoms with van der Waals surface area (Å²) in [5.74, 6) is 0.358. The van der Waals surface area contributed by atoms with Gasteiger partial charge >= 0.3 is 5.97 Å². The highest BCUT2D eigenvalue weighted by Crippen LogP contribution is 2.32. The summed E-state index contributed by atoms with van der Waals surface area (Å²) in [4.78, 5) is 28.1. The number of para-hydroxylation sites is 2. The highest BCUT2D eigenvalue weighted by Gasteiger charge is 2.17. The van der Waals surface area contributed by atoms with Crippen molar-refractivity contribution in [1.29, 1.82) is 0 Å². The Bertz CT molecular complexity index is 987. The van der Waals surface area contributed by atoms with Gasteiger partial charge in [-0.15, -0.1) is 0 Å². The van der Waals surface area contributed by atoms with Gasteiger partial charge in [-0.25, -0.2) is 9.78 Å². The first kappa shape index (κ1) is 15.9. The number of nitrogens with zero attached hydrogens (tertiary/aromatic N) is 1. The molecule has 0 spiro atoms. The van der Waals surface area contributed by atoms with E-state index >= 15 is 0 Å². The summed E-state index contributed by atoms with van der Waals surface area (Å²) in [7, 11) is 0. The molecule has 0 saturated heterocycles. The number of rotatable bonds is 5. The van der Waals surface area contributed by atoms with Gasteiger partial charge in [-0.3, -0.25) is 4.79 Å². The number of hydrogen-bond acceptors (Lipinski definition) is 7. The highest BCUT2D eigenvalue weighted by atomic mass is 16.7. The minimum atomic E-state index is -0.665. The molecular weight excluding hydrogens is 338 g/mol. The minimum Gasteiger partial charge on any atom is -0.454 e. The summed E-state index contributed by atoms with van der Waals surface area (Å²) in [6, 6.07) is 12.1. The molecule has 2 aromatic carbocycles. The smallest absolute Gasteiger partial charge is 0.331 e. The first-order valence-electron chi connectivity index (χ1n) is 7.82. The van der Waals surface area contributed by atoms with E-state index in [1.165, 1.54) is 6.08 Å². The van der Waals surface area contributed by atoms with E-state index in [4.69, 9.17) is 18.6 Å². The number of carbonyl (C=O) groups is 2. The van der Waals surface area contributed by atoms with Gasteiger partial charge in [0.05, 0.1) is 0 Å². The van der Waals surface area contributed by atoms with Crippen molar-refractivity contribution in [1.82, 2.24) is 4.98 Å². The molecule has 26 heavy (non-hydrogen) atoms. The van der Waals surface area contributed by atoms with Gasteiger partial charge in [0.25, 0.3) is 0 Å². The summed E-state index contributed by atoms with van der Waals surface area (Å²) in [5, 5.41) is 0. The van der Waals surface area contributed by atoms with Crippen LogP contribution in [0.1, 0.15) is 16.2 Å². The third kappa shape index (κ3) is 3.27. The second-order valence-electron chi connectivity index (χ2n) is 5.45. The van der Waals surface area contributed by atoms with Crippen molar-refractivity contribution >= 4 is 28.9 Å². The zero-order chi connectivity index (χ0) is 17.9. The van der Waals surface area contributed by atoms with Crippen LogP contribution in [-0.2, 0) is 9.53 Å². The van der Waals surface area contributed by atoms with Crippen LogP contribution in [0, 0.1) is 0 Å². The van der Waals surface area contributed by atoms with E-state index < -0.39 is 5.97 Å². The molecule has 0 bridgehead atoms. The number of fused-ring (bicyclic) bond motifs is 2. The first-order chi connectivity index (χ1) is 12.7. The Morgan fingerprint density at radius 3 is 2.85 bits per heavy atom. The molecule has 2 heterocycles. The average molecular weight is 351 g/mol. The van der Waals surface area contributed by atoms with Gasteiger partial charge in [-0.05, 0) is 30.3 Å². The second-order valence-corrected chi connectivity index (χ2v) is 5.45. The molecule has 130 valence electrons. The van der Waals surface area contributed by atoms with Crippen molar-refractivity contribution in [3.63, 3.8) is 0 Å². The molecule has 1 aliphatic heterocycles. The van der Waals surface area contributed by atoms with Gasteiger partial charge in [-0.1, -0.05) is 12.1 Å². The molecule has 0 unspecified atom stereocenters. The van der Waals surface area contributed by atoms with E-state index in [1.54, 1.807) is 30.3 Å². The molecule has 0 aliphatic carbocycles. The summed E-state index contributed by atoms with van der Waals surface area (Å²) < 4.78 is 20.8. The maximum atomic E-state index is 12.1. The molecule has 7 nitrogen and oxygen atoms in total. The predicted octanol–water partition coefficient (Wildman–Crippen LogP) is 3.00. The Hall–Kier alpha value is -3.61. The lowest BCUT2D eigenvalue weighted by atomic mass is 10.1. The number of ketones is 1. The summed E-state index contributed by atoms with van der Waals surface area (Å²) in [6.07, 6.45) is 2.56. The zero-order valence-corrected chi connectivity index (χ0v) is 13.5. The molecule has 1 aromatic heterocycles. The summed E-state index contributed by atoms with van der Waals surface area (Å²) in [6.45, 7) is -0.251. The molecule has 0 radical (unpaired) electrons. The van der Waals surface area contributed by atoms with E-state index in [1.807, 2.05) is 12.1 Å². The van der Waals surface area contributed by atoms with Crippen LogP contribution in [0.5, 0.6) is 11.5 Å². The first-order valence-corrected chi connectivity index (χ1v) is 7.82. The number of aromatic nitrogens is 1. The van der Waals surface area contributed by atoms with Crippen LogP contribution >= 0.6 is 0 Å². The van der Waals surface area contributed by atoms with Gasteiger partial charge in [0, 0.05) is 17.7 Å². The lowest BCUT2D eigenvalue weighted by Gasteiger charge is -2.03. The highest BCUT2D eigenvalue weighted by molar-refractivity contribution is 5.99. The molecule has 4 rings (SSSR count). The minimum absolute atomic E-state index is 0.128. The van der Waals surface area contributed by atoms with Crippen molar-refractivity contribution in [3.05, 3.63) is 60.0 Å². The Morgan fingerprint density at radius 1 is 1.12 bits per heavy atom. The van der Waals surface area contributed by atoms with Crippen LogP contribution in [0.2, 0.25) is 0 Å². The SMILES string of the molecule is O=C(/C=C/c1nc2ccccc2o1)OCC(=O)c1ccc2c(c1)OCO2. The van der Waals surface area contributed by atoms with Crippen LogP contribution in [0.15, 0.2) is 53.0 Å². The molecule has 1 aliphatic rings. The normalized spacial score (nSPS) is 12.6. The molecule has 0 amide bonds. The lowest BCUT2D eigenvalue weighted by Crippen LogP contribution is -2.12.